The normalized spacial score (nSPS) is 12.3. The lowest BCUT2D eigenvalue weighted by Crippen LogP contribution is -2.20. The molecule has 18 heavy (non-hydrogen) atoms. The third-order valence-corrected chi connectivity index (χ3v) is 3.74. The van der Waals surface area contributed by atoms with Crippen molar-refractivity contribution in [3.63, 3.8) is 0 Å². The fourth-order valence-corrected chi connectivity index (χ4v) is 2.65. The second-order valence-corrected chi connectivity index (χ2v) is 5.11. The minimum absolute atomic E-state index is 0.418. The smallest absolute Gasteiger partial charge is 0.119 e. The first-order chi connectivity index (χ1) is 8.79. The van der Waals surface area contributed by atoms with Gasteiger partial charge in [-0.1, -0.05) is 12.1 Å². The fraction of sp³-hybridized carbons (Fsp3) is 0.333. The maximum absolute atomic E-state index is 5.22. The van der Waals surface area contributed by atoms with E-state index in [0.29, 0.717) is 6.04 Å². The second-order valence-electron chi connectivity index (χ2n) is 4.33. The summed E-state index contributed by atoms with van der Waals surface area (Å²) in [5.74, 6) is 0.929. The maximum Gasteiger partial charge on any atom is 0.119 e. The Kier molecular flexibility index (Phi) is 4.79. The van der Waals surface area contributed by atoms with Gasteiger partial charge in [-0.05, 0) is 60.0 Å². The summed E-state index contributed by atoms with van der Waals surface area (Å²) in [4.78, 5) is 0. The van der Waals surface area contributed by atoms with Crippen LogP contribution in [0.4, 0.5) is 0 Å². The Labute approximate surface area is 113 Å². The van der Waals surface area contributed by atoms with Crippen molar-refractivity contribution in [1.29, 1.82) is 0 Å². The van der Waals surface area contributed by atoms with Gasteiger partial charge in [0.2, 0.25) is 0 Å². The molecule has 0 saturated heterocycles. The molecule has 0 fully saturated rings. The van der Waals surface area contributed by atoms with Gasteiger partial charge in [-0.25, -0.2) is 0 Å². The van der Waals surface area contributed by atoms with Crippen LogP contribution in [0.25, 0.3) is 0 Å². The Balaban J connectivity index is 1.81. The predicted octanol–water partition coefficient (Wildman–Crippen LogP) is 3.65. The lowest BCUT2D eigenvalue weighted by Gasteiger charge is -2.12. The van der Waals surface area contributed by atoms with E-state index in [0.717, 1.165) is 18.7 Å². The van der Waals surface area contributed by atoms with Gasteiger partial charge in [-0.3, -0.25) is 0 Å². The van der Waals surface area contributed by atoms with E-state index in [1.54, 1.807) is 18.4 Å². The molecule has 0 aliphatic heterocycles. The van der Waals surface area contributed by atoms with Gasteiger partial charge in [0, 0.05) is 6.04 Å². The first kappa shape index (κ1) is 13.1. The van der Waals surface area contributed by atoms with Crippen molar-refractivity contribution >= 4 is 11.3 Å². The lowest BCUT2D eigenvalue weighted by molar-refractivity contribution is 0.414. The van der Waals surface area contributed by atoms with Gasteiger partial charge in [-0.15, -0.1) is 0 Å². The van der Waals surface area contributed by atoms with Crippen LogP contribution in [-0.2, 0) is 6.42 Å². The first-order valence-corrected chi connectivity index (χ1v) is 7.12. The molecule has 0 bridgehead atoms. The number of ether oxygens (including phenoxy) is 1. The van der Waals surface area contributed by atoms with E-state index in [1.165, 1.54) is 11.1 Å². The number of thiophene rings is 1. The molecule has 0 amide bonds. The van der Waals surface area contributed by atoms with Crippen LogP contribution in [0.5, 0.6) is 5.75 Å². The largest absolute Gasteiger partial charge is 0.497 e. The summed E-state index contributed by atoms with van der Waals surface area (Å²) >= 11 is 1.75. The molecular weight excluding hydrogens is 242 g/mol. The van der Waals surface area contributed by atoms with E-state index in [-0.39, 0.29) is 0 Å². The van der Waals surface area contributed by atoms with E-state index in [9.17, 15) is 0 Å². The Morgan fingerprint density at radius 1 is 1.33 bits per heavy atom. The van der Waals surface area contributed by atoms with Crippen molar-refractivity contribution in [3.05, 3.63) is 52.2 Å². The highest BCUT2D eigenvalue weighted by Gasteiger charge is 2.04. The molecule has 2 nitrogen and oxygen atoms in total. The molecule has 1 aromatic heterocycles. The van der Waals surface area contributed by atoms with E-state index in [4.69, 9.17) is 4.74 Å². The van der Waals surface area contributed by atoms with Gasteiger partial charge < -0.3 is 10.1 Å². The van der Waals surface area contributed by atoms with E-state index >= 15 is 0 Å². The quantitative estimate of drug-likeness (QED) is 0.857. The zero-order valence-corrected chi connectivity index (χ0v) is 11.7. The predicted molar refractivity (Wildman–Crippen MR) is 77.4 cm³/mol. The zero-order chi connectivity index (χ0) is 12.8. The highest BCUT2D eigenvalue weighted by atomic mass is 32.1. The number of hydrogen-bond donors (Lipinski definition) is 1. The molecule has 0 aliphatic rings. The molecule has 96 valence electrons. The molecule has 1 heterocycles. The third-order valence-electron chi connectivity index (χ3n) is 3.04. The van der Waals surface area contributed by atoms with Gasteiger partial charge in [-0.2, -0.15) is 11.3 Å². The van der Waals surface area contributed by atoms with Crippen molar-refractivity contribution in [1.82, 2.24) is 5.32 Å². The van der Waals surface area contributed by atoms with Gasteiger partial charge in [0.1, 0.15) is 5.75 Å². The van der Waals surface area contributed by atoms with Crippen molar-refractivity contribution in [3.8, 4) is 5.75 Å². The fourth-order valence-electron chi connectivity index (χ4n) is 1.90. The van der Waals surface area contributed by atoms with Crippen molar-refractivity contribution < 1.29 is 4.74 Å². The molecular formula is C15H19NOS. The summed E-state index contributed by atoms with van der Waals surface area (Å²) < 4.78 is 5.22. The molecule has 1 aromatic carbocycles. The Morgan fingerprint density at radius 3 is 2.94 bits per heavy atom. The second kappa shape index (κ2) is 6.57. The average molecular weight is 261 g/mol. The average Bonchev–Trinajstić information content (AvgIpc) is 2.93. The van der Waals surface area contributed by atoms with Gasteiger partial charge >= 0.3 is 0 Å². The highest BCUT2D eigenvalue weighted by molar-refractivity contribution is 7.07. The Bertz CT molecular complexity index is 467. The Hall–Kier alpha value is -1.32. The number of benzene rings is 1. The van der Waals surface area contributed by atoms with Crippen LogP contribution < -0.4 is 10.1 Å². The molecule has 3 heteroatoms. The third kappa shape index (κ3) is 3.59. The molecule has 1 N–H and O–H groups in total. The van der Waals surface area contributed by atoms with Crippen molar-refractivity contribution in [2.45, 2.75) is 19.4 Å². The summed E-state index contributed by atoms with van der Waals surface area (Å²) in [6.07, 6.45) is 1.02. The summed E-state index contributed by atoms with van der Waals surface area (Å²) in [6.45, 7) is 3.18. The summed E-state index contributed by atoms with van der Waals surface area (Å²) in [5.41, 5.74) is 2.67. The maximum atomic E-state index is 5.22. The van der Waals surface area contributed by atoms with E-state index in [2.05, 4.69) is 41.2 Å². The van der Waals surface area contributed by atoms with E-state index in [1.807, 2.05) is 12.1 Å². The zero-order valence-electron chi connectivity index (χ0n) is 10.8. The molecule has 2 rings (SSSR count). The summed E-state index contributed by atoms with van der Waals surface area (Å²) in [6, 6.07) is 10.8. The number of nitrogens with one attached hydrogen (secondary N) is 1. The van der Waals surface area contributed by atoms with Crippen LogP contribution in [-0.4, -0.2) is 13.7 Å². The summed E-state index contributed by atoms with van der Waals surface area (Å²) in [5, 5.41) is 7.86. The highest BCUT2D eigenvalue weighted by Crippen LogP contribution is 2.16. The molecule has 2 aromatic rings. The molecule has 0 radical (unpaired) electrons. The number of rotatable bonds is 6. The standard InChI is InChI=1S/C15H19NOS/c1-12(14-7-9-18-11-14)16-8-6-13-4-3-5-15(10-13)17-2/h3-5,7,9-12,16H,6,8H2,1-2H3. The molecule has 0 saturated carbocycles. The summed E-state index contributed by atoms with van der Waals surface area (Å²) in [7, 11) is 1.70. The first-order valence-electron chi connectivity index (χ1n) is 6.18. The minimum atomic E-state index is 0.418. The number of methoxy groups -OCH3 is 1. The van der Waals surface area contributed by atoms with Gasteiger partial charge in [0.15, 0.2) is 0 Å². The van der Waals surface area contributed by atoms with Crippen LogP contribution >= 0.6 is 11.3 Å². The molecule has 1 unspecified atom stereocenters. The molecule has 1 atom stereocenters. The van der Waals surface area contributed by atoms with Crippen LogP contribution in [0.1, 0.15) is 24.1 Å². The van der Waals surface area contributed by atoms with Gasteiger partial charge in [0.05, 0.1) is 7.11 Å². The molecule has 0 spiro atoms. The Morgan fingerprint density at radius 2 is 2.22 bits per heavy atom. The van der Waals surface area contributed by atoms with Crippen molar-refractivity contribution in [2.75, 3.05) is 13.7 Å². The SMILES string of the molecule is COc1cccc(CCNC(C)c2ccsc2)c1. The van der Waals surface area contributed by atoms with E-state index < -0.39 is 0 Å². The van der Waals surface area contributed by atoms with Crippen LogP contribution in [0, 0.1) is 0 Å². The topological polar surface area (TPSA) is 21.3 Å². The molecule has 0 aliphatic carbocycles. The monoisotopic (exact) mass is 261 g/mol. The minimum Gasteiger partial charge on any atom is -0.497 e. The van der Waals surface area contributed by atoms with Gasteiger partial charge in [0.25, 0.3) is 0 Å². The van der Waals surface area contributed by atoms with Crippen LogP contribution in [0.3, 0.4) is 0 Å². The number of hydrogen-bond acceptors (Lipinski definition) is 3. The van der Waals surface area contributed by atoms with Crippen LogP contribution in [0.2, 0.25) is 0 Å². The van der Waals surface area contributed by atoms with Crippen molar-refractivity contribution in [2.24, 2.45) is 0 Å². The van der Waals surface area contributed by atoms with Crippen LogP contribution in [0.15, 0.2) is 41.1 Å². The lowest BCUT2D eigenvalue weighted by atomic mass is 10.1.